The second-order valence-electron chi connectivity index (χ2n) is 3.68. The third kappa shape index (κ3) is 2.15. The molecule has 0 radical (unpaired) electrons. The molecule has 1 rings (SSSR count). The molecule has 2 nitrogen and oxygen atoms in total. The summed E-state index contributed by atoms with van der Waals surface area (Å²) >= 11 is 1.67. The van der Waals surface area contributed by atoms with Crippen molar-refractivity contribution in [1.29, 1.82) is 0 Å². The average molecular weight is 212 g/mol. The molecule has 0 aromatic carbocycles. The first-order valence-corrected chi connectivity index (χ1v) is 5.57. The fourth-order valence-electron chi connectivity index (χ4n) is 1.60. The summed E-state index contributed by atoms with van der Waals surface area (Å²) < 4.78 is 4.82. The highest BCUT2D eigenvalue weighted by Gasteiger charge is 2.26. The maximum Gasteiger partial charge on any atom is 0.313 e. The highest BCUT2D eigenvalue weighted by Crippen LogP contribution is 2.30. The normalized spacial score (nSPS) is 12.9. The van der Waals surface area contributed by atoms with Crippen LogP contribution in [0.1, 0.15) is 30.2 Å². The summed E-state index contributed by atoms with van der Waals surface area (Å²) in [6.07, 6.45) is 0. The molecule has 0 saturated carbocycles. The number of esters is 1. The molecule has 14 heavy (non-hydrogen) atoms. The van der Waals surface area contributed by atoms with E-state index in [1.165, 1.54) is 12.0 Å². The third-order valence-corrected chi connectivity index (χ3v) is 3.22. The predicted molar refractivity (Wildman–Crippen MR) is 58.7 cm³/mol. The SMILES string of the molecule is COC(=O)C(c1ccsc1C)C(C)C. The smallest absolute Gasteiger partial charge is 0.313 e. The Balaban J connectivity index is 3.00. The minimum atomic E-state index is -0.137. The van der Waals surface area contributed by atoms with Gasteiger partial charge < -0.3 is 4.74 Å². The minimum Gasteiger partial charge on any atom is -0.469 e. The fourth-order valence-corrected chi connectivity index (χ4v) is 2.35. The molecule has 0 spiro atoms. The number of carbonyl (C=O) groups is 1. The van der Waals surface area contributed by atoms with E-state index in [0.717, 1.165) is 5.56 Å². The van der Waals surface area contributed by atoms with E-state index < -0.39 is 0 Å². The van der Waals surface area contributed by atoms with Crippen LogP contribution in [-0.4, -0.2) is 13.1 Å². The van der Waals surface area contributed by atoms with Gasteiger partial charge in [0.25, 0.3) is 0 Å². The quantitative estimate of drug-likeness (QED) is 0.720. The van der Waals surface area contributed by atoms with Gasteiger partial charge in [-0.2, -0.15) is 0 Å². The molecule has 1 aromatic heterocycles. The molecular weight excluding hydrogens is 196 g/mol. The zero-order valence-corrected chi connectivity index (χ0v) is 9.85. The van der Waals surface area contributed by atoms with Crippen LogP contribution < -0.4 is 0 Å². The standard InChI is InChI=1S/C11H16O2S/c1-7(2)10(11(12)13-4)9-5-6-14-8(9)3/h5-7,10H,1-4H3. The maximum absolute atomic E-state index is 11.6. The summed E-state index contributed by atoms with van der Waals surface area (Å²) in [4.78, 5) is 12.8. The van der Waals surface area contributed by atoms with Crippen molar-refractivity contribution in [1.82, 2.24) is 0 Å². The Morgan fingerprint density at radius 2 is 2.14 bits per heavy atom. The molecule has 0 amide bonds. The van der Waals surface area contributed by atoms with E-state index in [2.05, 4.69) is 0 Å². The minimum absolute atomic E-state index is 0.119. The number of thiophene rings is 1. The molecule has 0 aliphatic carbocycles. The van der Waals surface area contributed by atoms with Crippen LogP contribution in [0.4, 0.5) is 0 Å². The van der Waals surface area contributed by atoms with Crippen molar-refractivity contribution in [3.8, 4) is 0 Å². The number of methoxy groups -OCH3 is 1. The lowest BCUT2D eigenvalue weighted by Gasteiger charge is -2.18. The molecule has 0 saturated heterocycles. The van der Waals surface area contributed by atoms with E-state index in [4.69, 9.17) is 4.74 Å². The van der Waals surface area contributed by atoms with Crippen LogP contribution in [0.5, 0.6) is 0 Å². The van der Waals surface area contributed by atoms with Crippen LogP contribution in [0, 0.1) is 12.8 Å². The molecule has 1 aromatic rings. The van der Waals surface area contributed by atoms with Crippen molar-refractivity contribution in [2.24, 2.45) is 5.92 Å². The van der Waals surface area contributed by atoms with E-state index in [1.807, 2.05) is 32.2 Å². The maximum atomic E-state index is 11.6. The van der Waals surface area contributed by atoms with E-state index in [-0.39, 0.29) is 17.8 Å². The van der Waals surface area contributed by atoms with Crippen molar-refractivity contribution in [2.45, 2.75) is 26.7 Å². The average Bonchev–Trinajstić information content (AvgIpc) is 2.52. The van der Waals surface area contributed by atoms with Crippen LogP contribution >= 0.6 is 11.3 Å². The van der Waals surface area contributed by atoms with Gasteiger partial charge in [0.2, 0.25) is 0 Å². The molecule has 78 valence electrons. The van der Waals surface area contributed by atoms with Crippen molar-refractivity contribution in [2.75, 3.05) is 7.11 Å². The van der Waals surface area contributed by atoms with E-state index in [9.17, 15) is 4.79 Å². The summed E-state index contributed by atoms with van der Waals surface area (Å²) in [5.41, 5.74) is 1.11. The first-order chi connectivity index (χ1) is 6.57. The lowest BCUT2D eigenvalue weighted by atomic mass is 9.89. The Morgan fingerprint density at radius 1 is 1.50 bits per heavy atom. The fraction of sp³-hybridized carbons (Fsp3) is 0.545. The van der Waals surface area contributed by atoms with Gasteiger partial charge in [-0.05, 0) is 29.9 Å². The van der Waals surface area contributed by atoms with Gasteiger partial charge in [0, 0.05) is 4.88 Å². The topological polar surface area (TPSA) is 26.3 Å². The van der Waals surface area contributed by atoms with Gasteiger partial charge in [0.05, 0.1) is 13.0 Å². The number of ether oxygens (including phenoxy) is 1. The summed E-state index contributed by atoms with van der Waals surface area (Å²) in [6.45, 7) is 6.12. The Kier molecular flexibility index (Phi) is 3.69. The van der Waals surface area contributed by atoms with Crippen LogP contribution in [0.2, 0.25) is 0 Å². The van der Waals surface area contributed by atoms with Gasteiger partial charge in [0.15, 0.2) is 0 Å². The van der Waals surface area contributed by atoms with Crippen LogP contribution in [0.15, 0.2) is 11.4 Å². The monoisotopic (exact) mass is 212 g/mol. The highest BCUT2D eigenvalue weighted by atomic mass is 32.1. The number of hydrogen-bond donors (Lipinski definition) is 0. The number of rotatable bonds is 3. The summed E-state index contributed by atoms with van der Waals surface area (Å²) in [5.74, 6) is 0.0171. The van der Waals surface area contributed by atoms with Crippen LogP contribution in [0.3, 0.4) is 0 Å². The molecular formula is C11H16O2S. The van der Waals surface area contributed by atoms with Gasteiger partial charge in [-0.1, -0.05) is 13.8 Å². The van der Waals surface area contributed by atoms with Gasteiger partial charge >= 0.3 is 5.97 Å². The van der Waals surface area contributed by atoms with Crippen LogP contribution in [0.25, 0.3) is 0 Å². The first-order valence-electron chi connectivity index (χ1n) is 4.69. The molecule has 1 heterocycles. The number of hydrogen-bond acceptors (Lipinski definition) is 3. The lowest BCUT2D eigenvalue weighted by Crippen LogP contribution is -2.19. The second-order valence-corrected chi connectivity index (χ2v) is 4.80. The lowest BCUT2D eigenvalue weighted by molar-refractivity contribution is -0.143. The summed E-state index contributed by atoms with van der Waals surface area (Å²) in [7, 11) is 1.44. The summed E-state index contributed by atoms with van der Waals surface area (Å²) in [6, 6.07) is 2.02. The van der Waals surface area contributed by atoms with E-state index in [1.54, 1.807) is 11.3 Å². The molecule has 0 N–H and O–H groups in total. The zero-order valence-electron chi connectivity index (χ0n) is 9.03. The molecule has 0 aliphatic rings. The Bertz CT molecular complexity index is 315. The zero-order chi connectivity index (χ0) is 10.7. The van der Waals surface area contributed by atoms with Crippen molar-refractivity contribution in [3.63, 3.8) is 0 Å². The molecule has 3 heteroatoms. The van der Waals surface area contributed by atoms with Gasteiger partial charge in [-0.3, -0.25) is 4.79 Å². The first kappa shape index (κ1) is 11.2. The van der Waals surface area contributed by atoms with E-state index >= 15 is 0 Å². The van der Waals surface area contributed by atoms with Crippen molar-refractivity contribution >= 4 is 17.3 Å². The Hall–Kier alpha value is -0.830. The Labute approximate surface area is 88.9 Å². The highest BCUT2D eigenvalue weighted by molar-refractivity contribution is 7.10. The van der Waals surface area contributed by atoms with Crippen LogP contribution in [-0.2, 0) is 9.53 Å². The van der Waals surface area contributed by atoms with Gasteiger partial charge in [-0.25, -0.2) is 0 Å². The molecule has 1 unspecified atom stereocenters. The van der Waals surface area contributed by atoms with E-state index in [0.29, 0.717) is 0 Å². The predicted octanol–water partition coefficient (Wildman–Crippen LogP) is 2.97. The second kappa shape index (κ2) is 4.60. The molecule has 1 atom stereocenters. The third-order valence-electron chi connectivity index (χ3n) is 2.36. The number of aryl methyl sites for hydroxylation is 1. The van der Waals surface area contributed by atoms with Gasteiger partial charge in [0.1, 0.15) is 0 Å². The molecule has 0 aliphatic heterocycles. The number of carbonyl (C=O) groups excluding carboxylic acids is 1. The van der Waals surface area contributed by atoms with Crippen molar-refractivity contribution in [3.05, 3.63) is 21.9 Å². The Morgan fingerprint density at radius 3 is 2.50 bits per heavy atom. The molecule has 0 bridgehead atoms. The largest absolute Gasteiger partial charge is 0.469 e. The molecule has 0 fully saturated rings. The summed E-state index contributed by atoms with van der Waals surface area (Å²) in [5, 5.41) is 2.02. The van der Waals surface area contributed by atoms with Crippen molar-refractivity contribution < 1.29 is 9.53 Å². The van der Waals surface area contributed by atoms with Gasteiger partial charge in [-0.15, -0.1) is 11.3 Å².